The van der Waals surface area contributed by atoms with E-state index >= 15 is 0 Å². The highest BCUT2D eigenvalue weighted by Gasteiger charge is 2.15. The Bertz CT molecular complexity index is 1230. The fourth-order valence-corrected chi connectivity index (χ4v) is 4.42. The lowest BCUT2D eigenvalue weighted by atomic mass is 10.0. The first kappa shape index (κ1) is 20.3. The van der Waals surface area contributed by atoms with Crippen LogP contribution in [-0.4, -0.2) is 15.0 Å². The number of aromatic nitrogens is 1. The first-order valence-electron chi connectivity index (χ1n) is 9.77. The highest BCUT2D eigenvalue weighted by molar-refractivity contribution is 7.80. The first-order chi connectivity index (χ1) is 14.5. The normalized spacial score (nSPS) is 10.9. The fourth-order valence-electron chi connectivity index (χ4n) is 3.46. The van der Waals surface area contributed by atoms with E-state index in [1.807, 2.05) is 60.4 Å². The largest absolute Gasteiger partial charge is 0.339 e. The average molecular weight is 434 g/mol. The number of hydrogen-bond donors (Lipinski definition) is 2. The Morgan fingerprint density at radius 3 is 2.53 bits per heavy atom. The maximum Gasteiger partial charge on any atom is 0.253 e. The molecule has 0 bridgehead atoms. The Hall–Kier alpha value is -2.96. The summed E-state index contributed by atoms with van der Waals surface area (Å²) in [7, 11) is 0. The van der Waals surface area contributed by atoms with Gasteiger partial charge in [0.05, 0.1) is 18.6 Å². The third-order valence-electron chi connectivity index (χ3n) is 5.12. The van der Waals surface area contributed by atoms with Gasteiger partial charge in [-0.05, 0) is 66.8 Å². The molecule has 2 heterocycles. The minimum Gasteiger partial charge on any atom is -0.339 e. The molecule has 152 valence electrons. The minimum absolute atomic E-state index is 0.0742. The zero-order valence-corrected chi connectivity index (χ0v) is 18.6. The Morgan fingerprint density at radius 1 is 1.03 bits per heavy atom. The lowest BCUT2D eigenvalue weighted by Gasteiger charge is -2.25. The molecule has 0 aliphatic heterocycles. The molecule has 0 aliphatic rings. The Balaban J connectivity index is 1.67. The van der Waals surface area contributed by atoms with Crippen LogP contribution in [0, 0.1) is 13.8 Å². The molecule has 4 nitrogen and oxygen atoms in total. The molecule has 0 spiro atoms. The van der Waals surface area contributed by atoms with Crippen LogP contribution in [0.3, 0.4) is 0 Å². The number of thiocarbonyl (C=S) groups is 1. The van der Waals surface area contributed by atoms with E-state index in [4.69, 9.17) is 12.2 Å². The zero-order chi connectivity index (χ0) is 21.1. The summed E-state index contributed by atoms with van der Waals surface area (Å²) in [6.45, 7) is 5.14. The summed E-state index contributed by atoms with van der Waals surface area (Å²) < 4.78 is 0. The molecule has 0 saturated carbocycles. The molecule has 0 radical (unpaired) electrons. The van der Waals surface area contributed by atoms with Crippen molar-refractivity contribution in [1.29, 1.82) is 0 Å². The van der Waals surface area contributed by atoms with Gasteiger partial charge < -0.3 is 15.2 Å². The number of thiophene rings is 1. The van der Waals surface area contributed by atoms with Gasteiger partial charge in [-0.2, -0.15) is 0 Å². The topological polar surface area (TPSA) is 48.1 Å². The lowest BCUT2D eigenvalue weighted by Crippen LogP contribution is -2.35. The van der Waals surface area contributed by atoms with Crippen molar-refractivity contribution in [1.82, 2.24) is 9.88 Å². The Kier molecular flexibility index (Phi) is 5.97. The van der Waals surface area contributed by atoms with Crippen LogP contribution < -0.4 is 10.9 Å². The number of aryl methyl sites for hydroxylation is 2. The molecule has 0 aliphatic carbocycles. The Labute approximate surface area is 185 Å². The van der Waals surface area contributed by atoms with Crippen molar-refractivity contribution < 1.29 is 0 Å². The number of fused-ring (bicyclic) bond motifs is 1. The number of anilines is 1. The van der Waals surface area contributed by atoms with Gasteiger partial charge in [0.2, 0.25) is 0 Å². The monoisotopic (exact) mass is 433 g/mol. The first-order valence-corrected chi connectivity index (χ1v) is 11.1. The molecule has 30 heavy (non-hydrogen) atoms. The summed E-state index contributed by atoms with van der Waals surface area (Å²) in [4.78, 5) is 19.2. The number of nitrogens with zero attached hydrogens (tertiary/aromatic N) is 1. The van der Waals surface area contributed by atoms with E-state index in [-0.39, 0.29) is 5.56 Å². The van der Waals surface area contributed by atoms with Gasteiger partial charge in [0.25, 0.3) is 5.56 Å². The van der Waals surface area contributed by atoms with E-state index in [9.17, 15) is 4.79 Å². The molecule has 2 aromatic heterocycles. The summed E-state index contributed by atoms with van der Waals surface area (Å²) in [6.07, 6.45) is 0. The van der Waals surface area contributed by atoms with E-state index in [0.29, 0.717) is 23.8 Å². The van der Waals surface area contributed by atoms with Crippen molar-refractivity contribution in [2.24, 2.45) is 0 Å². The summed E-state index contributed by atoms with van der Waals surface area (Å²) >= 11 is 7.40. The molecular formula is C24H23N3OS2. The van der Waals surface area contributed by atoms with Crippen LogP contribution >= 0.6 is 23.6 Å². The molecule has 0 saturated heterocycles. The number of hydrogen-bond acceptors (Lipinski definition) is 3. The van der Waals surface area contributed by atoms with Gasteiger partial charge in [0.15, 0.2) is 5.11 Å². The van der Waals surface area contributed by atoms with Crippen molar-refractivity contribution >= 4 is 45.3 Å². The molecule has 2 N–H and O–H groups in total. The highest BCUT2D eigenvalue weighted by atomic mass is 32.1. The maximum atomic E-state index is 12.9. The average Bonchev–Trinajstić information content (AvgIpc) is 3.25. The highest BCUT2D eigenvalue weighted by Crippen LogP contribution is 2.21. The van der Waals surface area contributed by atoms with Crippen LogP contribution in [-0.2, 0) is 13.1 Å². The smallest absolute Gasteiger partial charge is 0.253 e. The van der Waals surface area contributed by atoms with E-state index in [1.54, 1.807) is 11.3 Å². The van der Waals surface area contributed by atoms with E-state index in [1.165, 1.54) is 4.88 Å². The molecule has 0 amide bonds. The fraction of sp³-hybridized carbons (Fsp3) is 0.167. The molecule has 0 atom stereocenters. The SMILES string of the molecule is Cc1ccc(C)c2[nH]c(=O)c(CN(Cc3cccs3)C(=S)Nc3ccccc3)cc12. The molecular weight excluding hydrogens is 410 g/mol. The van der Waals surface area contributed by atoms with Gasteiger partial charge in [-0.15, -0.1) is 11.3 Å². The van der Waals surface area contributed by atoms with Crippen LogP contribution in [0.5, 0.6) is 0 Å². The Morgan fingerprint density at radius 2 is 1.80 bits per heavy atom. The zero-order valence-electron chi connectivity index (χ0n) is 16.9. The quantitative estimate of drug-likeness (QED) is 0.402. The van der Waals surface area contributed by atoms with E-state index < -0.39 is 0 Å². The second kappa shape index (κ2) is 8.81. The maximum absolute atomic E-state index is 12.9. The predicted octanol–water partition coefficient (Wildman–Crippen LogP) is 5.61. The van der Waals surface area contributed by atoms with Gasteiger partial charge >= 0.3 is 0 Å². The van der Waals surface area contributed by atoms with Crippen LogP contribution in [0.4, 0.5) is 5.69 Å². The van der Waals surface area contributed by atoms with Gasteiger partial charge in [-0.3, -0.25) is 4.79 Å². The number of rotatable bonds is 5. The van der Waals surface area contributed by atoms with Crippen LogP contribution in [0.25, 0.3) is 10.9 Å². The number of nitrogens with one attached hydrogen (secondary N) is 2. The molecule has 4 aromatic rings. The molecule has 0 fully saturated rings. The van der Waals surface area contributed by atoms with Crippen LogP contribution in [0.2, 0.25) is 0 Å². The number of benzene rings is 2. The molecule has 2 aromatic carbocycles. The number of pyridine rings is 1. The van der Waals surface area contributed by atoms with E-state index in [2.05, 4.69) is 34.7 Å². The van der Waals surface area contributed by atoms with Crippen molar-refractivity contribution in [3.63, 3.8) is 0 Å². The van der Waals surface area contributed by atoms with Gasteiger partial charge in [0, 0.05) is 21.5 Å². The summed E-state index contributed by atoms with van der Waals surface area (Å²) in [5.74, 6) is 0. The standard InChI is InChI=1S/C24H23N3OS2/c1-16-10-11-17(2)22-21(16)13-18(23(28)26-22)14-27(15-20-9-6-12-30-20)24(29)25-19-7-4-3-5-8-19/h3-13H,14-15H2,1-2H3,(H,25,29)(H,26,28). The molecule has 6 heteroatoms. The van der Waals surface area contributed by atoms with Crippen molar-refractivity contribution in [2.75, 3.05) is 5.32 Å². The van der Waals surface area contributed by atoms with Crippen LogP contribution in [0.1, 0.15) is 21.6 Å². The van der Waals surface area contributed by atoms with Gasteiger partial charge in [-0.1, -0.05) is 36.4 Å². The second-order valence-electron chi connectivity index (χ2n) is 7.34. The minimum atomic E-state index is -0.0742. The van der Waals surface area contributed by atoms with E-state index in [0.717, 1.165) is 27.7 Å². The van der Waals surface area contributed by atoms with Gasteiger partial charge in [0.1, 0.15) is 0 Å². The lowest BCUT2D eigenvalue weighted by molar-refractivity contribution is 0.415. The third-order valence-corrected chi connectivity index (χ3v) is 6.34. The molecule has 4 rings (SSSR count). The molecule has 0 unspecified atom stereocenters. The number of aromatic amines is 1. The summed E-state index contributed by atoms with van der Waals surface area (Å²) in [5, 5.41) is 7.02. The van der Waals surface area contributed by atoms with Gasteiger partial charge in [-0.25, -0.2) is 0 Å². The summed E-state index contributed by atoms with van der Waals surface area (Å²) in [5.41, 5.74) is 4.66. The predicted molar refractivity (Wildman–Crippen MR) is 130 cm³/mol. The van der Waals surface area contributed by atoms with Crippen LogP contribution in [0.15, 0.2) is 70.8 Å². The second-order valence-corrected chi connectivity index (χ2v) is 8.76. The van der Waals surface area contributed by atoms with Crippen molar-refractivity contribution in [3.05, 3.63) is 98.0 Å². The number of H-pyrrole nitrogens is 1. The van der Waals surface area contributed by atoms with Crippen molar-refractivity contribution in [3.8, 4) is 0 Å². The summed E-state index contributed by atoms with van der Waals surface area (Å²) in [6, 6.07) is 20.1. The van der Waals surface area contributed by atoms with Crippen molar-refractivity contribution in [2.45, 2.75) is 26.9 Å². The number of para-hydroxylation sites is 1. The third kappa shape index (κ3) is 4.45.